The Morgan fingerprint density at radius 3 is 2.67 bits per heavy atom. The molecule has 0 saturated carbocycles. The van der Waals surface area contributed by atoms with E-state index in [0.717, 1.165) is 0 Å². The summed E-state index contributed by atoms with van der Waals surface area (Å²) >= 11 is 0. The molecule has 0 saturated heterocycles. The second-order valence-corrected chi connectivity index (χ2v) is 3.34. The average Bonchev–Trinajstić information content (AvgIpc) is 2.29. The molecule has 0 heterocycles. The Morgan fingerprint density at radius 1 is 1.40 bits per heavy atom. The molecule has 2 nitrogen and oxygen atoms in total. The summed E-state index contributed by atoms with van der Waals surface area (Å²) in [5.74, 6) is 2.30. The lowest BCUT2D eigenvalue weighted by atomic mass is 10.0. The molecule has 1 atom stereocenters. The number of carbonyl (C=O) groups excluding carboxylic acids is 1. The Bertz CT molecular complexity index is 349. The van der Waals surface area contributed by atoms with Crippen molar-refractivity contribution in [2.75, 3.05) is 0 Å². The first kappa shape index (κ1) is 11.5. The molecule has 1 N–H and O–H groups in total. The normalized spacial score (nSPS) is 11.7. The van der Waals surface area contributed by atoms with E-state index in [0.29, 0.717) is 24.8 Å². The van der Waals surface area contributed by atoms with Gasteiger partial charge in [-0.3, -0.25) is 4.79 Å². The zero-order valence-corrected chi connectivity index (χ0v) is 8.52. The quantitative estimate of drug-likeness (QED) is 0.586. The van der Waals surface area contributed by atoms with E-state index in [9.17, 15) is 9.90 Å². The predicted octanol–water partition coefficient (Wildman–Crippen LogP) is 2.09. The Morgan fingerprint density at radius 2 is 2.07 bits per heavy atom. The first-order valence-electron chi connectivity index (χ1n) is 4.95. The van der Waals surface area contributed by atoms with E-state index >= 15 is 0 Å². The zero-order valence-electron chi connectivity index (χ0n) is 8.52. The molecule has 1 rings (SSSR count). The maximum Gasteiger partial charge on any atom is 0.165 e. The topological polar surface area (TPSA) is 37.3 Å². The minimum absolute atomic E-state index is 0.170. The maximum absolute atomic E-state index is 11.5. The molecule has 78 valence electrons. The summed E-state index contributed by atoms with van der Waals surface area (Å²) in [7, 11) is 0. The fourth-order valence-electron chi connectivity index (χ4n) is 1.32. The fourth-order valence-corrected chi connectivity index (χ4v) is 1.32. The number of aliphatic hydroxyl groups is 1. The number of unbranched alkanes of at least 4 members (excludes halogenated alkanes) is 1. The third kappa shape index (κ3) is 3.57. The molecule has 0 bridgehead atoms. The highest BCUT2D eigenvalue weighted by atomic mass is 16.3. The molecular weight excluding hydrogens is 188 g/mol. The minimum atomic E-state index is -1.01. The Hall–Kier alpha value is -1.59. The van der Waals surface area contributed by atoms with Crippen LogP contribution in [0.1, 0.15) is 30.9 Å². The minimum Gasteiger partial charge on any atom is -0.381 e. The van der Waals surface area contributed by atoms with Crippen LogP contribution < -0.4 is 0 Å². The number of hydrogen-bond acceptors (Lipinski definition) is 2. The van der Waals surface area contributed by atoms with Crippen LogP contribution in [0.5, 0.6) is 0 Å². The highest BCUT2D eigenvalue weighted by molar-refractivity contribution is 5.84. The van der Waals surface area contributed by atoms with Gasteiger partial charge in [0.25, 0.3) is 0 Å². The smallest absolute Gasteiger partial charge is 0.165 e. The Labute approximate surface area is 89.9 Å². The molecule has 0 spiro atoms. The van der Waals surface area contributed by atoms with Crippen LogP contribution >= 0.6 is 0 Å². The second kappa shape index (κ2) is 6.00. The average molecular weight is 202 g/mol. The number of hydrogen-bond donors (Lipinski definition) is 1. The largest absolute Gasteiger partial charge is 0.381 e. The van der Waals surface area contributed by atoms with E-state index in [1.165, 1.54) is 0 Å². The van der Waals surface area contributed by atoms with Crippen molar-refractivity contribution in [1.82, 2.24) is 0 Å². The molecule has 0 aliphatic carbocycles. The van der Waals surface area contributed by atoms with Crippen LogP contribution in [0.3, 0.4) is 0 Å². The Balaban J connectivity index is 2.51. The van der Waals surface area contributed by atoms with E-state index < -0.39 is 6.10 Å². The first-order chi connectivity index (χ1) is 7.25. The summed E-state index contributed by atoms with van der Waals surface area (Å²) in [6.45, 7) is 0. The van der Waals surface area contributed by atoms with E-state index in [1.54, 1.807) is 24.3 Å². The van der Waals surface area contributed by atoms with Crippen LogP contribution in [-0.4, -0.2) is 10.9 Å². The third-order valence-corrected chi connectivity index (χ3v) is 2.16. The molecule has 0 aliphatic rings. The molecule has 0 aliphatic heterocycles. The van der Waals surface area contributed by atoms with Gasteiger partial charge >= 0.3 is 0 Å². The van der Waals surface area contributed by atoms with Gasteiger partial charge in [0.05, 0.1) is 0 Å². The zero-order chi connectivity index (χ0) is 11.1. The highest BCUT2D eigenvalue weighted by Gasteiger charge is 2.15. The van der Waals surface area contributed by atoms with Crippen molar-refractivity contribution in [3.8, 4) is 12.3 Å². The monoisotopic (exact) mass is 202 g/mol. The van der Waals surface area contributed by atoms with Gasteiger partial charge in [0, 0.05) is 12.8 Å². The number of benzene rings is 1. The number of aliphatic hydroxyl groups excluding tert-OH is 1. The third-order valence-electron chi connectivity index (χ3n) is 2.16. The van der Waals surface area contributed by atoms with Gasteiger partial charge in [0.1, 0.15) is 6.10 Å². The molecule has 0 radical (unpaired) electrons. The van der Waals surface area contributed by atoms with Crippen molar-refractivity contribution in [3.05, 3.63) is 35.9 Å². The first-order valence-corrected chi connectivity index (χ1v) is 4.95. The van der Waals surface area contributed by atoms with Crippen molar-refractivity contribution in [1.29, 1.82) is 0 Å². The van der Waals surface area contributed by atoms with E-state index in [-0.39, 0.29) is 5.78 Å². The van der Waals surface area contributed by atoms with Crippen LogP contribution in [0.15, 0.2) is 30.3 Å². The standard InChI is InChI=1S/C13H14O2/c1-2-3-5-10-12(14)13(15)11-8-6-4-7-9-11/h1,4,6-9,13,15H,3,5,10H2. The molecule has 1 unspecified atom stereocenters. The van der Waals surface area contributed by atoms with E-state index in [4.69, 9.17) is 6.42 Å². The number of terminal acetylenes is 1. The highest BCUT2D eigenvalue weighted by Crippen LogP contribution is 2.15. The van der Waals surface area contributed by atoms with Gasteiger partial charge in [-0.15, -0.1) is 12.3 Å². The van der Waals surface area contributed by atoms with Gasteiger partial charge in [0.2, 0.25) is 0 Å². The molecule has 2 heteroatoms. The van der Waals surface area contributed by atoms with Gasteiger partial charge in [-0.05, 0) is 12.0 Å². The van der Waals surface area contributed by atoms with Gasteiger partial charge < -0.3 is 5.11 Å². The summed E-state index contributed by atoms with van der Waals surface area (Å²) < 4.78 is 0. The number of Topliss-reactive ketones (excluding diaryl/α,β-unsaturated/α-hetero) is 1. The summed E-state index contributed by atoms with van der Waals surface area (Å²) in [5.41, 5.74) is 0.642. The lowest BCUT2D eigenvalue weighted by Gasteiger charge is -2.08. The van der Waals surface area contributed by atoms with Crippen molar-refractivity contribution in [3.63, 3.8) is 0 Å². The number of rotatable bonds is 5. The summed E-state index contributed by atoms with van der Waals surface area (Å²) in [4.78, 5) is 11.5. The predicted molar refractivity (Wildman–Crippen MR) is 59.1 cm³/mol. The number of carbonyl (C=O) groups is 1. The lowest BCUT2D eigenvalue weighted by Crippen LogP contribution is -2.11. The summed E-state index contributed by atoms with van der Waals surface area (Å²) in [5, 5.41) is 9.69. The summed E-state index contributed by atoms with van der Waals surface area (Å²) in [6, 6.07) is 8.92. The van der Waals surface area contributed by atoms with E-state index in [1.807, 2.05) is 6.07 Å². The van der Waals surface area contributed by atoms with Crippen LogP contribution in [0, 0.1) is 12.3 Å². The van der Waals surface area contributed by atoms with Gasteiger partial charge in [0.15, 0.2) is 5.78 Å². The van der Waals surface area contributed by atoms with Crippen LogP contribution in [-0.2, 0) is 4.79 Å². The van der Waals surface area contributed by atoms with Crippen molar-refractivity contribution >= 4 is 5.78 Å². The van der Waals surface area contributed by atoms with Crippen molar-refractivity contribution in [2.24, 2.45) is 0 Å². The molecule has 0 aromatic heterocycles. The molecule has 1 aromatic rings. The molecule has 15 heavy (non-hydrogen) atoms. The maximum atomic E-state index is 11.5. The van der Waals surface area contributed by atoms with Crippen molar-refractivity contribution in [2.45, 2.75) is 25.4 Å². The SMILES string of the molecule is C#CCCCC(=O)C(O)c1ccccc1. The molecule has 0 amide bonds. The van der Waals surface area contributed by atoms with Crippen LogP contribution in [0.25, 0.3) is 0 Å². The second-order valence-electron chi connectivity index (χ2n) is 3.34. The van der Waals surface area contributed by atoms with E-state index in [2.05, 4.69) is 5.92 Å². The fraction of sp³-hybridized carbons (Fsp3) is 0.308. The lowest BCUT2D eigenvalue weighted by molar-refractivity contribution is -0.127. The van der Waals surface area contributed by atoms with Gasteiger partial charge in [-0.2, -0.15) is 0 Å². The molecular formula is C13H14O2. The Kier molecular flexibility index (Phi) is 4.59. The number of ketones is 1. The van der Waals surface area contributed by atoms with Gasteiger partial charge in [-0.25, -0.2) is 0 Å². The molecule has 0 fully saturated rings. The van der Waals surface area contributed by atoms with Crippen LogP contribution in [0.4, 0.5) is 0 Å². The van der Waals surface area contributed by atoms with Gasteiger partial charge in [-0.1, -0.05) is 30.3 Å². The summed E-state index contributed by atoms with van der Waals surface area (Å²) in [6.07, 6.45) is 5.62. The molecule has 1 aromatic carbocycles. The van der Waals surface area contributed by atoms with Crippen molar-refractivity contribution < 1.29 is 9.90 Å². The van der Waals surface area contributed by atoms with Crippen LogP contribution in [0.2, 0.25) is 0 Å².